The molecule has 21 heavy (non-hydrogen) atoms. The summed E-state index contributed by atoms with van der Waals surface area (Å²) in [6, 6.07) is 0. The summed E-state index contributed by atoms with van der Waals surface area (Å²) in [6.07, 6.45) is 15.1. The summed E-state index contributed by atoms with van der Waals surface area (Å²) in [6.45, 7) is 4.55. The van der Waals surface area contributed by atoms with Crippen molar-refractivity contribution in [2.24, 2.45) is 0 Å². The molecule has 0 aliphatic carbocycles. The first-order valence-electron chi connectivity index (χ1n) is 8.68. The second-order valence-corrected chi connectivity index (χ2v) is 5.76. The molecule has 0 heterocycles. The summed E-state index contributed by atoms with van der Waals surface area (Å²) in [5, 5.41) is 13.7. The lowest BCUT2D eigenvalue weighted by Gasteiger charge is -2.05. The molecule has 0 saturated heterocycles. The zero-order chi connectivity index (χ0) is 14.9. The SMILES string of the molecule is CCCCCCCCNCCCCCCCCC(=O)[O-].[NH4+]. The largest absolute Gasteiger partial charge is 0.550 e. The predicted molar refractivity (Wildman–Crippen MR) is 89.6 cm³/mol. The molecule has 0 aliphatic rings. The summed E-state index contributed by atoms with van der Waals surface area (Å²) >= 11 is 0. The number of hydrogen-bond acceptors (Lipinski definition) is 3. The number of unbranched alkanes of at least 4 members (excludes halogenated alkanes) is 10. The van der Waals surface area contributed by atoms with Gasteiger partial charge in [0.1, 0.15) is 0 Å². The summed E-state index contributed by atoms with van der Waals surface area (Å²) in [5.74, 6) is -0.913. The molecule has 5 N–H and O–H groups in total. The van der Waals surface area contributed by atoms with E-state index in [4.69, 9.17) is 0 Å². The number of carbonyl (C=O) groups excluding carboxylic acids is 1. The van der Waals surface area contributed by atoms with Crippen molar-refractivity contribution in [1.82, 2.24) is 11.5 Å². The highest BCUT2D eigenvalue weighted by molar-refractivity contribution is 5.63. The molecule has 0 atom stereocenters. The molecule has 0 fully saturated rings. The number of aliphatic carboxylic acids is 1. The van der Waals surface area contributed by atoms with Gasteiger partial charge in [0.15, 0.2) is 0 Å². The molecule has 4 heteroatoms. The van der Waals surface area contributed by atoms with Crippen LogP contribution in [0.4, 0.5) is 0 Å². The second-order valence-electron chi connectivity index (χ2n) is 5.76. The first-order valence-corrected chi connectivity index (χ1v) is 8.68. The van der Waals surface area contributed by atoms with Gasteiger partial charge < -0.3 is 21.4 Å². The predicted octanol–water partition coefficient (Wildman–Crippen LogP) is 3.79. The van der Waals surface area contributed by atoms with Crippen molar-refractivity contribution < 1.29 is 9.90 Å². The zero-order valence-electron chi connectivity index (χ0n) is 14.4. The van der Waals surface area contributed by atoms with E-state index < -0.39 is 5.97 Å². The fraction of sp³-hybridized carbons (Fsp3) is 0.941. The van der Waals surface area contributed by atoms with E-state index in [1.54, 1.807) is 0 Å². The van der Waals surface area contributed by atoms with Gasteiger partial charge in [-0.1, -0.05) is 64.7 Å². The quantitative estimate of drug-likeness (QED) is 0.425. The van der Waals surface area contributed by atoms with Crippen molar-refractivity contribution in [3.05, 3.63) is 0 Å². The minimum atomic E-state index is -0.913. The van der Waals surface area contributed by atoms with Crippen LogP contribution in [0.3, 0.4) is 0 Å². The molecule has 4 nitrogen and oxygen atoms in total. The second kappa shape index (κ2) is 19.4. The number of carboxylic acid groups (broad SMARTS) is 1. The van der Waals surface area contributed by atoms with Gasteiger partial charge in [-0.15, -0.1) is 0 Å². The van der Waals surface area contributed by atoms with Crippen molar-refractivity contribution in [1.29, 1.82) is 0 Å². The van der Waals surface area contributed by atoms with Crippen LogP contribution in [0.15, 0.2) is 0 Å². The van der Waals surface area contributed by atoms with E-state index in [-0.39, 0.29) is 12.6 Å². The highest BCUT2D eigenvalue weighted by atomic mass is 16.4. The number of rotatable bonds is 16. The standard InChI is InChI=1S/C17H35NO2.H3N/c1-2-3-4-5-9-12-15-18-16-13-10-7-6-8-11-14-17(19)20;/h18H,2-16H2,1H3,(H,19,20);1H3. The Labute approximate surface area is 131 Å². The lowest BCUT2D eigenvalue weighted by Crippen LogP contribution is -2.21. The van der Waals surface area contributed by atoms with E-state index in [1.807, 2.05) is 0 Å². The molecule has 0 aromatic heterocycles. The van der Waals surface area contributed by atoms with Crippen molar-refractivity contribution in [2.45, 2.75) is 90.4 Å². The van der Waals surface area contributed by atoms with Crippen LogP contribution in [0.2, 0.25) is 0 Å². The van der Waals surface area contributed by atoms with Crippen molar-refractivity contribution >= 4 is 5.97 Å². The molecule has 0 bridgehead atoms. The van der Waals surface area contributed by atoms with Crippen LogP contribution in [0, 0.1) is 0 Å². The van der Waals surface area contributed by atoms with Gasteiger partial charge in [0.25, 0.3) is 0 Å². The molecule has 0 radical (unpaired) electrons. The number of carbonyl (C=O) groups is 1. The van der Waals surface area contributed by atoms with Crippen molar-refractivity contribution in [3.8, 4) is 0 Å². The Morgan fingerprint density at radius 1 is 0.762 bits per heavy atom. The Hall–Kier alpha value is -0.610. The fourth-order valence-corrected chi connectivity index (χ4v) is 2.38. The Kier molecular flexibility index (Phi) is 20.9. The van der Waals surface area contributed by atoms with Crippen LogP contribution in [0.5, 0.6) is 0 Å². The van der Waals surface area contributed by atoms with Crippen LogP contribution < -0.4 is 16.6 Å². The molecule has 0 aromatic carbocycles. The topological polar surface area (TPSA) is 88.7 Å². The highest BCUT2D eigenvalue weighted by Crippen LogP contribution is 2.07. The van der Waals surface area contributed by atoms with Gasteiger partial charge in [-0.05, 0) is 38.8 Å². The molecule has 0 unspecified atom stereocenters. The summed E-state index contributed by atoms with van der Waals surface area (Å²) in [7, 11) is 0. The average Bonchev–Trinajstić information content (AvgIpc) is 2.43. The summed E-state index contributed by atoms with van der Waals surface area (Å²) in [4.78, 5) is 10.2. The third kappa shape index (κ3) is 21.8. The lowest BCUT2D eigenvalue weighted by atomic mass is 10.1. The Morgan fingerprint density at radius 3 is 1.67 bits per heavy atom. The van der Waals surface area contributed by atoms with Crippen LogP contribution in [-0.4, -0.2) is 19.1 Å². The number of nitrogens with one attached hydrogen (secondary N) is 1. The van der Waals surface area contributed by atoms with Gasteiger partial charge in [0, 0.05) is 5.97 Å². The minimum Gasteiger partial charge on any atom is -0.550 e. The molecular weight excluding hydrogens is 264 g/mol. The first-order chi connectivity index (χ1) is 9.77. The van der Waals surface area contributed by atoms with Gasteiger partial charge in [-0.2, -0.15) is 0 Å². The normalized spacial score (nSPS) is 10.3. The van der Waals surface area contributed by atoms with Gasteiger partial charge in [0.05, 0.1) is 0 Å². The van der Waals surface area contributed by atoms with Crippen molar-refractivity contribution in [3.63, 3.8) is 0 Å². The van der Waals surface area contributed by atoms with Crippen LogP contribution in [0.25, 0.3) is 0 Å². The monoisotopic (exact) mass is 302 g/mol. The Bertz CT molecular complexity index is 211. The maximum atomic E-state index is 10.2. The zero-order valence-corrected chi connectivity index (χ0v) is 14.4. The lowest BCUT2D eigenvalue weighted by molar-refractivity contribution is -0.305. The van der Waals surface area contributed by atoms with Crippen LogP contribution in [0.1, 0.15) is 90.4 Å². The molecule has 128 valence electrons. The first kappa shape index (κ1) is 22.7. The summed E-state index contributed by atoms with van der Waals surface area (Å²) in [5.41, 5.74) is 0. The van der Waals surface area contributed by atoms with E-state index in [2.05, 4.69) is 12.2 Å². The molecule has 0 aliphatic heterocycles. The van der Waals surface area contributed by atoms with Crippen LogP contribution in [-0.2, 0) is 4.79 Å². The average molecular weight is 303 g/mol. The van der Waals surface area contributed by atoms with Gasteiger partial charge in [-0.3, -0.25) is 0 Å². The van der Waals surface area contributed by atoms with E-state index in [0.29, 0.717) is 0 Å². The van der Waals surface area contributed by atoms with Crippen molar-refractivity contribution in [2.75, 3.05) is 13.1 Å². The molecule has 0 rings (SSSR count). The molecule has 0 amide bonds. The summed E-state index contributed by atoms with van der Waals surface area (Å²) < 4.78 is 0. The maximum absolute atomic E-state index is 10.2. The van der Waals surface area contributed by atoms with E-state index >= 15 is 0 Å². The molecule has 0 spiro atoms. The number of carboxylic acids is 1. The number of quaternary nitrogens is 1. The van der Waals surface area contributed by atoms with Crippen LogP contribution >= 0.6 is 0 Å². The highest BCUT2D eigenvalue weighted by Gasteiger charge is 1.93. The maximum Gasteiger partial charge on any atom is 0.0414 e. The van der Waals surface area contributed by atoms with Gasteiger partial charge >= 0.3 is 0 Å². The minimum absolute atomic E-state index is 0. The smallest absolute Gasteiger partial charge is 0.0414 e. The molecule has 0 saturated carbocycles. The van der Waals surface area contributed by atoms with E-state index in [1.165, 1.54) is 57.8 Å². The molecule has 0 aromatic rings. The van der Waals surface area contributed by atoms with E-state index in [0.717, 1.165) is 32.4 Å². The third-order valence-corrected chi connectivity index (χ3v) is 3.69. The fourth-order valence-electron chi connectivity index (χ4n) is 2.38. The molecular formula is C17H38N2O2. The van der Waals surface area contributed by atoms with Gasteiger partial charge in [-0.25, -0.2) is 0 Å². The Balaban J connectivity index is 0. The van der Waals surface area contributed by atoms with Gasteiger partial charge in [0.2, 0.25) is 0 Å². The third-order valence-electron chi connectivity index (χ3n) is 3.69. The number of hydrogen-bond donors (Lipinski definition) is 2. The Morgan fingerprint density at radius 2 is 1.19 bits per heavy atom. The van der Waals surface area contributed by atoms with E-state index in [9.17, 15) is 9.90 Å².